The van der Waals surface area contributed by atoms with Crippen molar-refractivity contribution < 1.29 is 0 Å². The van der Waals surface area contributed by atoms with Gasteiger partial charge >= 0.3 is 0 Å². The second-order valence-corrected chi connectivity index (χ2v) is 6.40. The van der Waals surface area contributed by atoms with E-state index in [1.165, 1.54) is 23.2 Å². The molecule has 0 saturated heterocycles. The van der Waals surface area contributed by atoms with Crippen LogP contribution in [0.3, 0.4) is 0 Å². The van der Waals surface area contributed by atoms with E-state index in [9.17, 15) is 0 Å². The normalized spacial score (nSPS) is 18.1. The SMILES string of the molecule is Cn1ccnc1C(NC1CCCc2cccnc21)c1ccccc1. The minimum absolute atomic E-state index is 0.0594. The Hall–Kier alpha value is -2.46. The van der Waals surface area contributed by atoms with Gasteiger partial charge in [0.15, 0.2) is 0 Å². The number of fused-ring (bicyclic) bond motifs is 1. The molecule has 1 aromatic carbocycles. The number of imidazole rings is 1. The van der Waals surface area contributed by atoms with Crippen molar-refractivity contribution in [3.05, 3.63) is 83.7 Å². The quantitative estimate of drug-likeness (QED) is 0.799. The molecule has 2 atom stereocenters. The molecule has 4 heteroatoms. The van der Waals surface area contributed by atoms with E-state index in [2.05, 4.69) is 56.3 Å². The fourth-order valence-electron chi connectivity index (χ4n) is 3.59. The van der Waals surface area contributed by atoms with Crippen LogP contribution in [0.25, 0.3) is 0 Å². The Balaban J connectivity index is 1.70. The third kappa shape index (κ3) is 2.85. The second kappa shape index (κ2) is 6.57. The Morgan fingerprint density at radius 3 is 2.75 bits per heavy atom. The summed E-state index contributed by atoms with van der Waals surface area (Å²) >= 11 is 0. The number of pyridine rings is 1. The average molecular weight is 318 g/mol. The van der Waals surface area contributed by atoms with Gasteiger partial charge < -0.3 is 4.57 Å². The summed E-state index contributed by atoms with van der Waals surface area (Å²) in [7, 11) is 2.05. The molecule has 1 aliphatic carbocycles. The van der Waals surface area contributed by atoms with Gasteiger partial charge in [-0.3, -0.25) is 10.3 Å². The zero-order valence-electron chi connectivity index (χ0n) is 13.9. The molecule has 2 aromatic heterocycles. The Morgan fingerprint density at radius 1 is 1.08 bits per heavy atom. The molecule has 0 fully saturated rings. The minimum atomic E-state index is 0.0594. The Labute approximate surface area is 142 Å². The lowest BCUT2D eigenvalue weighted by molar-refractivity contribution is 0.406. The van der Waals surface area contributed by atoms with Crippen LogP contribution in [0.2, 0.25) is 0 Å². The van der Waals surface area contributed by atoms with E-state index < -0.39 is 0 Å². The predicted octanol–water partition coefficient (Wildman–Crippen LogP) is 3.57. The van der Waals surface area contributed by atoms with Crippen LogP contribution in [0, 0.1) is 0 Å². The first-order valence-corrected chi connectivity index (χ1v) is 8.55. The number of hydrogen-bond acceptors (Lipinski definition) is 3. The van der Waals surface area contributed by atoms with Crippen molar-refractivity contribution in [3.8, 4) is 0 Å². The number of aromatic nitrogens is 3. The van der Waals surface area contributed by atoms with Crippen molar-refractivity contribution in [1.82, 2.24) is 19.9 Å². The molecule has 0 aliphatic heterocycles. The number of aryl methyl sites for hydroxylation is 2. The van der Waals surface area contributed by atoms with Gasteiger partial charge in [-0.05, 0) is 36.5 Å². The summed E-state index contributed by atoms with van der Waals surface area (Å²) in [5.41, 5.74) is 3.79. The molecular formula is C20H22N4. The highest BCUT2D eigenvalue weighted by Gasteiger charge is 2.27. The van der Waals surface area contributed by atoms with Gasteiger partial charge in [-0.1, -0.05) is 36.4 Å². The molecule has 0 radical (unpaired) electrons. The van der Waals surface area contributed by atoms with E-state index >= 15 is 0 Å². The monoisotopic (exact) mass is 318 g/mol. The predicted molar refractivity (Wildman–Crippen MR) is 94.5 cm³/mol. The molecule has 2 heterocycles. The largest absolute Gasteiger partial charge is 0.336 e. The van der Waals surface area contributed by atoms with Crippen LogP contribution in [0.5, 0.6) is 0 Å². The van der Waals surface area contributed by atoms with E-state index in [0.717, 1.165) is 18.7 Å². The lowest BCUT2D eigenvalue weighted by Gasteiger charge is -2.29. The van der Waals surface area contributed by atoms with E-state index in [-0.39, 0.29) is 12.1 Å². The Kier molecular flexibility index (Phi) is 4.13. The van der Waals surface area contributed by atoms with Gasteiger partial charge in [-0.2, -0.15) is 0 Å². The van der Waals surface area contributed by atoms with E-state index in [0.29, 0.717) is 0 Å². The van der Waals surface area contributed by atoms with Gasteiger partial charge in [-0.15, -0.1) is 0 Å². The van der Waals surface area contributed by atoms with Crippen LogP contribution >= 0.6 is 0 Å². The van der Waals surface area contributed by atoms with Crippen LogP contribution in [-0.2, 0) is 13.5 Å². The molecule has 122 valence electrons. The molecule has 0 spiro atoms. The van der Waals surface area contributed by atoms with Crippen LogP contribution in [0.4, 0.5) is 0 Å². The van der Waals surface area contributed by atoms with Crippen LogP contribution in [0.15, 0.2) is 61.1 Å². The van der Waals surface area contributed by atoms with E-state index in [1.54, 1.807) is 0 Å². The highest BCUT2D eigenvalue weighted by atomic mass is 15.1. The molecule has 24 heavy (non-hydrogen) atoms. The summed E-state index contributed by atoms with van der Waals surface area (Å²) < 4.78 is 2.09. The lowest BCUT2D eigenvalue weighted by Crippen LogP contribution is -2.32. The topological polar surface area (TPSA) is 42.7 Å². The first-order valence-electron chi connectivity index (χ1n) is 8.55. The Morgan fingerprint density at radius 2 is 1.96 bits per heavy atom. The van der Waals surface area contributed by atoms with Crippen molar-refractivity contribution >= 4 is 0 Å². The van der Waals surface area contributed by atoms with Crippen LogP contribution in [0.1, 0.15) is 47.6 Å². The fourth-order valence-corrected chi connectivity index (χ4v) is 3.59. The average Bonchev–Trinajstić information content (AvgIpc) is 3.06. The lowest BCUT2D eigenvalue weighted by atomic mass is 9.90. The molecule has 0 bridgehead atoms. The highest BCUT2D eigenvalue weighted by Crippen LogP contribution is 2.31. The number of rotatable bonds is 4. The smallest absolute Gasteiger partial charge is 0.130 e. The summed E-state index contributed by atoms with van der Waals surface area (Å²) in [4.78, 5) is 9.26. The molecular weight excluding hydrogens is 296 g/mol. The summed E-state index contributed by atoms with van der Waals surface area (Å²) in [6, 6.07) is 15.1. The van der Waals surface area contributed by atoms with Crippen LogP contribution < -0.4 is 5.32 Å². The molecule has 4 nitrogen and oxygen atoms in total. The van der Waals surface area contributed by atoms with Gasteiger partial charge in [0.1, 0.15) is 5.82 Å². The maximum atomic E-state index is 4.66. The number of nitrogens with zero attached hydrogens (tertiary/aromatic N) is 3. The summed E-state index contributed by atoms with van der Waals surface area (Å²) in [6.45, 7) is 0. The number of nitrogens with one attached hydrogen (secondary N) is 1. The van der Waals surface area contributed by atoms with Crippen LogP contribution in [-0.4, -0.2) is 14.5 Å². The van der Waals surface area contributed by atoms with Gasteiger partial charge in [0, 0.05) is 25.6 Å². The zero-order valence-corrected chi connectivity index (χ0v) is 13.9. The van der Waals surface area contributed by atoms with Crippen molar-refractivity contribution in [3.63, 3.8) is 0 Å². The first-order chi connectivity index (χ1) is 11.8. The molecule has 2 unspecified atom stereocenters. The van der Waals surface area contributed by atoms with Gasteiger partial charge in [0.25, 0.3) is 0 Å². The van der Waals surface area contributed by atoms with Crippen molar-refractivity contribution in [2.24, 2.45) is 7.05 Å². The van der Waals surface area contributed by atoms with Crippen molar-refractivity contribution in [2.45, 2.75) is 31.3 Å². The molecule has 1 aliphatic rings. The summed E-state index contributed by atoms with van der Waals surface area (Å²) in [6.07, 6.45) is 9.19. The third-order valence-electron chi connectivity index (χ3n) is 4.81. The fraction of sp³-hybridized carbons (Fsp3) is 0.300. The summed E-state index contributed by atoms with van der Waals surface area (Å²) in [5.74, 6) is 1.03. The minimum Gasteiger partial charge on any atom is -0.336 e. The standard InChI is InChI=1S/C20H22N4/c1-24-14-13-22-20(24)19(16-7-3-2-4-8-16)23-17-11-5-9-15-10-6-12-21-18(15)17/h2-4,6-8,10,12-14,17,19,23H,5,9,11H2,1H3. The summed E-state index contributed by atoms with van der Waals surface area (Å²) in [5, 5.41) is 3.83. The molecule has 4 rings (SSSR count). The molecule has 0 saturated carbocycles. The number of benzene rings is 1. The maximum absolute atomic E-state index is 4.66. The van der Waals surface area contributed by atoms with Gasteiger partial charge in [0.05, 0.1) is 17.8 Å². The third-order valence-corrected chi connectivity index (χ3v) is 4.81. The van der Waals surface area contributed by atoms with Crippen molar-refractivity contribution in [1.29, 1.82) is 0 Å². The highest BCUT2D eigenvalue weighted by molar-refractivity contribution is 5.29. The van der Waals surface area contributed by atoms with Gasteiger partial charge in [-0.25, -0.2) is 4.98 Å². The molecule has 0 amide bonds. The second-order valence-electron chi connectivity index (χ2n) is 6.40. The number of hydrogen-bond donors (Lipinski definition) is 1. The van der Waals surface area contributed by atoms with E-state index in [4.69, 9.17) is 0 Å². The Bertz CT molecular complexity index is 809. The van der Waals surface area contributed by atoms with Crippen molar-refractivity contribution in [2.75, 3.05) is 0 Å². The van der Waals surface area contributed by atoms with Gasteiger partial charge in [0.2, 0.25) is 0 Å². The molecule has 3 aromatic rings. The molecule has 1 N–H and O–H groups in total. The first kappa shape index (κ1) is 15.1. The van der Waals surface area contributed by atoms with E-state index in [1.807, 2.05) is 31.7 Å². The maximum Gasteiger partial charge on any atom is 0.130 e. The zero-order chi connectivity index (χ0) is 16.4.